The number of hydrogen-bond donors (Lipinski definition) is 3. The Balaban J connectivity index is 1.97. The quantitative estimate of drug-likeness (QED) is 0.430. The molecule has 7 nitrogen and oxygen atoms in total. The second-order valence-electron chi connectivity index (χ2n) is 4.71. The van der Waals surface area contributed by atoms with Crippen molar-refractivity contribution >= 4 is 46.9 Å². The molecule has 0 fully saturated rings. The van der Waals surface area contributed by atoms with Crippen molar-refractivity contribution in [1.82, 2.24) is 5.43 Å². The molecule has 2 amide bonds. The number of anilines is 1. The summed E-state index contributed by atoms with van der Waals surface area (Å²) >= 11 is 11.6. The summed E-state index contributed by atoms with van der Waals surface area (Å²) in [4.78, 5) is 23.5. The van der Waals surface area contributed by atoms with Crippen LogP contribution in [0.1, 0.15) is 5.56 Å². The Morgan fingerprint density at radius 2 is 1.88 bits per heavy atom. The fourth-order valence-corrected chi connectivity index (χ4v) is 2.03. The van der Waals surface area contributed by atoms with E-state index >= 15 is 0 Å². The molecule has 25 heavy (non-hydrogen) atoms. The highest BCUT2D eigenvalue weighted by Gasteiger charge is 2.13. The number of carbonyl (C=O) groups excluding carboxylic acids is 2. The molecule has 0 spiro atoms. The standard InChI is InChI=1S/C16H13Cl2N3O4/c1-25-11-3-5-14(22)9(6-11)8-19-21-16(24)15(23)20-10-2-4-12(17)13(18)7-10/h2-8,22H,1H3,(H,20,23)(H,21,24)/b19-8+. The van der Waals surface area contributed by atoms with E-state index in [2.05, 4.69) is 10.4 Å². The topological polar surface area (TPSA) is 100 Å². The number of rotatable bonds is 4. The smallest absolute Gasteiger partial charge is 0.329 e. The fourth-order valence-electron chi connectivity index (χ4n) is 1.74. The highest BCUT2D eigenvalue weighted by atomic mass is 35.5. The Hall–Kier alpha value is -2.77. The lowest BCUT2D eigenvalue weighted by Gasteiger charge is -2.05. The molecule has 0 aromatic heterocycles. The molecule has 0 saturated heterocycles. The Bertz CT molecular complexity index is 840. The van der Waals surface area contributed by atoms with Gasteiger partial charge in [0, 0.05) is 11.3 Å². The number of hydrogen-bond acceptors (Lipinski definition) is 5. The van der Waals surface area contributed by atoms with Gasteiger partial charge in [-0.25, -0.2) is 5.43 Å². The molecule has 130 valence electrons. The number of ether oxygens (including phenoxy) is 1. The minimum Gasteiger partial charge on any atom is -0.507 e. The molecule has 0 saturated carbocycles. The predicted octanol–water partition coefficient (Wildman–Crippen LogP) is 2.80. The Morgan fingerprint density at radius 1 is 1.12 bits per heavy atom. The lowest BCUT2D eigenvalue weighted by molar-refractivity contribution is -0.136. The van der Waals surface area contributed by atoms with Crippen LogP contribution in [0.3, 0.4) is 0 Å². The highest BCUT2D eigenvalue weighted by Crippen LogP contribution is 2.25. The molecule has 3 N–H and O–H groups in total. The van der Waals surface area contributed by atoms with Crippen LogP contribution in [0, 0.1) is 0 Å². The van der Waals surface area contributed by atoms with Crippen LogP contribution in [0.5, 0.6) is 11.5 Å². The molecule has 2 aromatic carbocycles. The zero-order valence-corrected chi connectivity index (χ0v) is 14.4. The van der Waals surface area contributed by atoms with Gasteiger partial charge in [-0.1, -0.05) is 23.2 Å². The van der Waals surface area contributed by atoms with E-state index in [4.69, 9.17) is 27.9 Å². The maximum Gasteiger partial charge on any atom is 0.329 e. The van der Waals surface area contributed by atoms with Crippen molar-refractivity contribution in [3.63, 3.8) is 0 Å². The van der Waals surface area contributed by atoms with Crippen LogP contribution in [0.15, 0.2) is 41.5 Å². The number of nitrogens with zero attached hydrogens (tertiary/aromatic N) is 1. The van der Waals surface area contributed by atoms with Crippen LogP contribution in [0.4, 0.5) is 5.69 Å². The summed E-state index contributed by atoms with van der Waals surface area (Å²) in [5.41, 5.74) is 2.67. The summed E-state index contributed by atoms with van der Waals surface area (Å²) in [5, 5.41) is 16.2. The summed E-state index contributed by atoms with van der Waals surface area (Å²) in [5.74, 6) is -1.49. The van der Waals surface area contributed by atoms with E-state index < -0.39 is 11.8 Å². The first kappa shape index (κ1) is 18.6. The first-order valence-corrected chi connectivity index (χ1v) is 7.62. The summed E-state index contributed by atoms with van der Waals surface area (Å²) in [7, 11) is 1.47. The van der Waals surface area contributed by atoms with Gasteiger partial charge in [-0.05, 0) is 36.4 Å². The lowest BCUT2D eigenvalue weighted by atomic mass is 10.2. The number of hydrazone groups is 1. The fraction of sp³-hybridized carbons (Fsp3) is 0.0625. The summed E-state index contributed by atoms with van der Waals surface area (Å²) in [6, 6.07) is 8.89. The van der Waals surface area contributed by atoms with Crippen molar-refractivity contribution in [1.29, 1.82) is 0 Å². The third-order valence-corrected chi connectivity index (χ3v) is 3.73. The van der Waals surface area contributed by atoms with Gasteiger partial charge in [0.05, 0.1) is 23.4 Å². The maximum absolute atomic E-state index is 11.8. The van der Waals surface area contributed by atoms with Crippen LogP contribution in [-0.4, -0.2) is 30.2 Å². The SMILES string of the molecule is COc1ccc(O)c(/C=N/NC(=O)C(=O)Nc2ccc(Cl)c(Cl)c2)c1. The van der Waals surface area contributed by atoms with E-state index in [9.17, 15) is 14.7 Å². The molecule has 0 heterocycles. The Kier molecular flexibility index (Phi) is 6.21. The third-order valence-electron chi connectivity index (χ3n) is 2.99. The molecular formula is C16H13Cl2N3O4. The number of benzene rings is 2. The van der Waals surface area contributed by atoms with Crippen LogP contribution < -0.4 is 15.5 Å². The number of aromatic hydroxyl groups is 1. The van der Waals surface area contributed by atoms with Crippen molar-refractivity contribution in [3.05, 3.63) is 52.0 Å². The highest BCUT2D eigenvalue weighted by molar-refractivity contribution is 6.42. The minimum absolute atomic E-state index is 0.0564. The van der Waals surface area contributed by atoms with Crippen LogP contribution >= 0.6 is 23.2 Å². The normalized spacial score (nSPS) is 10.5. The zero-order valence-electron chi connectivity index (χ0n) is 12.9. The summed E-state index contributed by atoms with van der Waals surface area (Å²) < 4.78 is 5.02. The Labute approximate surface area is 153 Å². The molecule has 2 aromatic rings. The number of amides is 2. The number of phenols is 1. The van der Waals surface area contributed by atoms with Crippen molar-refractivity contribution in [2.24, 2.45) is 5.10 Å². The van der Waals surface area contributed by atoms with Gasteiger partial charge in [0.15, 0.2) is 0 Å². The second kappa shape index (κ2) is 8.36. The Morgan fingerprint density at radius 3 is 2.56 bits per heavy atom. The van der Waals surface area contributed by atoms with Crippen LogP contribution in [0.25, 0.3) is 0 Å². The van der Waals surface area contributed by atoms with Crippen molar-refractivity contribution < 1.29 is 19.4 Å². The zero-order chi connectivity index (χ0) is 18.4. The van der Waals surface area contributed by atoms with Crippen LogP contribution in [-0.2, 0) is 9.59 Å². The van der Waals surface area contributed by atoms with Gasteiger partial charge in [0.25, 0.3) is 0 Å². The maximum atomic E-state index is 11.8. The van der Waals surface area contributed by atoms with Crippen molar-refractivity contribution in [3.8, 4) is 11.5 Å². The van der Waals surface area contributed by atoms with Crippen molar-refractivity contribution in [2.45, 2.75) is 0 Å². The van der Waals surface area contributed by atoms with Crippen molar-refractivity contribution in [2.75, 3.05) is 12.4 Å². The van der Waals surface area contributed by atoms with Gasteiger partial charge in [-0.3, -0.25) is 9.59 Å². The number of carbonyl (C=O) groups is 2. The van der Waals surface area contributed by atoms with Gasteiger partial charge in [0.2, 0.25) is 0 Å². The predicted molar refractivity (Wildman–Crippen MR) is 95.5 cm³/mol. The second-order valence-corrected chi connectivity index (χ2v) is 5.52. The first-order valence-electron chi connectivity index (χ1n) is 6.87. The molecule has 0 aliphatic carbocycles. The molecule has 0 unspecified atom stereocenters. The summed E-state index contributed by atoms with van der Waals surface area (Å²) in [6.07, 6.45) is 1.18. The molecule has 0 aliphatic rings. The van der Waals surface area contributed by atoms with Crippen LogP contribution in [0.2, 0.25) is 10.0 Å². The average Bonchev–Trinajstić information content (AvgIpc) is 2.59. The largest absolute Gasteiger partial charge is 0.507 e. The first-order chi connectivity index (χ1) is 11.9. The molecule has 2 rings (SSSR count). The van der Waals surface area contributed by atoms with Gasteiger partial charge in [-0.2, -0.15) is 5.10 Å². The molecular weight excluding hydrogens is 369 g/mol. The number of nitrogens with one attached hydrogen (secondary N) is 2. The monoisotopic (exact) mass is 381 g/mol. The van der Waals surface area contributed by atoms with Gasteiger partial charge in [0.1, 0.15) is 11.5 Å². The average molecular weight is 382 g/mol. The van der Waals surface area contributed by atoms with E-state index in [1.54, 1.807) is 6.07 Å². The van der Waals surface area contributed by atoms with E-state index in [1.807, 2.05) is 5.43 Å². The van der Waals surface area contributed by atoms with E-state index in [-0.39, 0.29) is 10.8 Å². The third kappa shape index (κ3) is 5.10. The molecule has 0 atom stereocenters. The van der Waals surface area contributed by atoms with Gasteiger partial charge >= 0.3 is 11.8 Å². The van der Waals surface area contributed by atoms with Gasteiger partial charge in [-0.15, -0.1) is 0 Å². The molecule has 0 bridgehead atoms. The molecule has 0 radical (unpaired) electrons. The van der Waals surface area contributed by atoms with E-state index in [0.717, 1.165) is 0 Å². The molecule has 0 aliphatic heterocycles. The lowest BCUT2D eigenvalue weighted by Crippen LogP contribution is -2.32. The number of methoxy groups -OCH3 is 1. The van der Waals surface area contributed by atoms with E-state index in [0.29, 0.717) is 22.0 Å². The van der Waals surface area contributed by atoms with Gasteiger partial charge < -0.3 is 15.2 Å². The minimum atomic E-state index is -0.996. The summed E-state index contributed by atoms with van der Waals surface area (Å²) in [6.45, 7) is 0. The molecule has 9 heteroatoms. The number of halogens is 2. The van der Waals surface area contributed by atoms with E-state index in [1.165, 1.54) is 43.7 Å². The number of phenolic OH excluding ortho intramolecular Hbond substituents is 1.